The first-order valence-corrected chi connectivity index (χ1v) is 10.1. The Morgan fingerprint density at radius 3 is 2.00 bits per heavy atom. The third kappa shape index (κ3) is 4.30. The van der Waals surface area contributed by atoms with Crippen molar-refractivity contribution in [2.24, 2.45) is 0 Å². The average molecular weight is 444 g/mol. The number of nitrogens with one attached hydrogen (secondary N) is 1. The number of nitrogens with zero attached hydrogens (tertiary/aromatic N) is 1. The van der Waals surface area contributed by atoms with E-state index in [9.17, 15) is 27.6 Å². The van der Waals surface area contributed by atoms with Gasteiger partial charge in [-0.05, 0) is 31.4 Å². The lowest BCUT2D eigenvalue weighted by Crippen LogP contribution is -2.66. The van der Waals surface area contributed by atoms with E-state index in [1.54, 1.807) is 60.7 Å². The van der Waals surface area contributed by atoms with Crippen molar-refractivity contribution < 1.29 is 27.6 Å². The van der Waals surface area contributed by atoms with E-state index >= 15 is 0 Å². The molecule has 2 aromatic rings. The molecular weight excluding hydrogens is 421 g/mol. The Morgan fingerprint density at radius 1 is 0.969 bits per heavy atom. The predicted octanol–water partition coefficient (Wildman–Crippen LogP) is 3.94. The van der Waals surface area contributed by atoms with Gasteiger partial charge in [0, 0.05) is 12.1 Å². The highest BCUT2D eigenvalue weighted by Crippen LogP contribution is 2.45. The predicted molar refractivity (Wildman–Crippen MR) is 112 cm³/mol. The molecule has 1 N–H and O–H groups in total. The largest absolute Gasteiger partial charge is 0.425 e. The summed E-state index contributed by atoms with van der Waals surface area (Å²) in [4.78, 5) is 39.1. The molecule has 0 fully saturated rings. The number of benzene rings is 2. The first kappa shape index (κ1) is 23.2. The van der Waals surface area contributed by atoms with Gasteiger partial charge in [0.1, 0.15) is 0 Å². The highest BCUT2D eigenvalue weighted by Gasteiger charge is 2.69. The molecule has 1 aliphatic heterocycles. The summed E-state index contributed by atoms with van der Waals surface area (Å²) in [5.41, 5.74) is -2.92. The molecule has 32 heavy (non-hydrogen) atoms. The van der Waals surface area contributed by atoms with Gasteiger partial charge in [0.25, 0.3) is 5.91 Å². The highest BCUT2D eigenvalue weighted by atomic mass is 19.4. The summed E-state index contributed by atoms with van der Waals surface area (Å²) < 4.78 is 43.3. The van der Waals surface area contributed by atoms with Gasteiger partial charge in [0.05, 0.1) is 12.1 Å². The Labute approximate surface area is 183 Å². The molecule has 2 aromatic carbocycles. The van der Waals surface area contributed by atoms with Gasteiger partial charge in [0.2, 0.25) is 11.4 Å². The first-order chi connectivity index (χ1) is 15.1. The van der Waals surface area contributed by atoms with E-state index in [2.05, 4.69) is 0 Å². The number of amides is 2. The summed E-state index contributed by atoms with van der Waals surface area (Å²) in [5.74, 6) is -3.27. The van der Waals surface area contributed by atoms with Crippen LogP contribution < -0.4 is 5.32 Å². The zero-order valence-electron chi connectivity index (χ0n) is 17.7. The van der Waals surface area contributed by atoms with Crippen molar-refractivity contribution in [1.29, 1.82) is 0 Å². The standard InChI is InChI=1S/C24H23F3N2O3/c1-16-21(17(2)30)23(24(25,26)27,22(32)29(16)15-19-11-7-4-8-12-19)28-20(31)14-13-18-9-5-3-6-10-18/h3-12H,13-15H2,1-2H3,(H,28,31)/t23-/m1/s1. The van der Waals surface area contributed by atoms with E-state index in [0.29, 0.717) is 5.56 Å². The molecule has 0 bridgehead atoms. The number of hydrogen-bond donors (Lipinski definition) is 1. The molecule has 1 atom stereocenters. The fraction of sp³-hybridized carbons (Fsp3) is 0.292. The highest BCUT2D eigenvalue weighted by molar-refractivity contribution is 6.11. The van der Waals surface area contributed by atoms with Crippen LogP contribution in [0.2, 0.25) is 0 Å². The van der Waals surface area contributed by atoms with Crippen LogP contribution in [-0.4, -0.2) is 34.2 Å². The van der Waals surface area contributed by atoms with E-state index in [-0.39, 0.29) is 25.1 Å². The molecule has 0 saturated heterocycles. The molecule has 0 unspecified atom stereocenters. The van der Waals surface area contributed by atoms with Crippen LogP contribution in [0.4, 0.5) is 13.2 Å². The monoisotopic (exact) mass is 444 g/mol. The lowest BCUT2D eigenvalue weighted by Gasteiger charge is -2.33. The third-order valence-corrected chi connectivity index (χ3v) is 5.48. The molecule has 0 saturated carbocycles. The summed E-state index contributed by atoms with van der Waals surface area (Å²) in [6.07, 6.45) is -5.28. The lowest BCUT2D eigenvalue weighted by atomic mass is 9.86. The molecule has 0 spiro atoms. The smallest absolute Gasteiger partial charge is 0.330 e. The van der Waals surface area contributed by atoms with Crippen LogP contribution in [0.15, 0.2) is 71.9 Å². The van der Waals surface area contributed by atoms with Gasteiger partial charge >= 0.3 is 6.18 Å². The van der Waals surface area contributed by atoms with E-state index in [1.807, 2.05) is 5.32 Å². The average Bonchev–Trinajstić information content (AvgIpc) is 2.95. The maximum Gasteiger partial charge on any atom is 0.425 e. The fourth-order valence-electron chi connectivity index (χ4n) is 3.97. The molecule has 0 aromatic heterocycles. The Balaban J connectivity index is 1.96. The zero-order valence-corrected chi connectivity index (χ0v) is 17.7. The SMILES string of the molecule is CC(=O)C1=C(C)N(Cc2ccccc2)C(=O)[C@@]1(NC(=O)CCc1ccccc1)C(F)(F)F. The third-order valence-electron chi connectivity index (χ3n) is 5.48. The van der Waals surface area contributed by atoms with Crippen molar-refractivity contribution in [3.63, 3.8) is 0 Å². The summed E-state index contributed by atoms with van der Waals surface area (Å²) in [6, 6.07) is 17.3. The first-order valence-electron chi connectivity index (χ1n) is 10.1. The maximum atomic E-state index is 14.4. The summed E-state index contributed by atoms with van der Waals surface area (Å²) >= 11 is 0. The molecule has 1 heterocycles. The Hall–Kier alpha value is -3.42. The van der Waals surface area contributed by atoms with Crippen LogP contribution in [0.3, 0.4) is 0 Å². The van der Waals surface area contributed by atoms with Crippen molar-refractivity contribution in [1.82, 2.24) is 10.2 Å². The molecule has 1 aliphatic rings. The van der Waals surface area contributed by atoms with Crippen LogP contribution >= 0.6 is 0 Å². The normalized spacial score (nSPS) is 18.8. The second-order valence-corrected chi connectivity index (χ2v) is 7.68. The van der Waals surface area contributed by atoms with Gasteiger partial charge in [-0.3, -0.25) is 14.4 Å². The number of rotatable bonds is 7. The Morgan fingerprint density at radius 2 is 1.50 bits per heavy atom. The fourth-order valence-corrected chi connectivity index (χ4v) is 3.97. The number of carbonyl (C=O) groups is 3. The number of halogens is 3. The van der Waals surface area contributed by atoms with Crippen molar-refractivity contribution in [2.45, 2.75) is 44.9 Å². The summed E-state index contributed by atoms with van der Waals surface area (Å²) in [5, 5.41) is 1.90. The Bertz CT molecular complexity index is 1050. The second kappa shape index (κ2) is 8.98. The van der Waals surface area contributed by atoms with Gasteiger partial charge < -0.3 is 10.2 Å². The van der Waals surface area contributed by atoms with E-state index in [4.69, 9.17) is 0 Å². The number of carbonyl (C=O) groups excluding carboxylic acids is 3. The molecule has 5 nitrogen and oxygen atoms in total. The van der Waals surface area contributed by atoms with Crippen LogP contribution in [0.5, 0.6) is 0 Å². The van der Waals surface area contributed by atoms with Gasteiger partial charge in [-0.2, -0.15) is 13.2 Å². The molecule has 8 heteroatoms. The molecule has 0 aliphatic carbocycles. The minimum absolute atomic E-state index is 0.118. The Kier molecular flexibility index (Phi) is 6.52. The molecule has 3 rings (SSSR count). The number of alkyl halides is 3. The van der Waals surface area contributed by atoms with Crippen molar-refractivity contribution in [3.8, 4) is 0 Å². The topological polar surface area (TPSA) is 66.5 Å². The minimum Gasteiger partial charge on any atom is -0.330 e. The van der Waals surface area contributed by atoms with E-state index in [0.717, 1.165) is 17.4 Å². The molecule has 168 valence electrons. The number of aryl methyl sites for hydroxylation is 1. The van der Waals surface area contributed by atoms with Gasteiger partial charge in [-0.25, -0.2) is 0 Å². The van der Waals surface area contributed by atoms with E-state index in [1.165, 1.54) is 6.92 Å². The van der Waals surface area contributed by atoms with Crippen LogP contribution in [0.25, 0.3) is 0 Å². The van der Waals surface area contributed by atoms with Gasteiger partial charge in [-0.15, -0.1) is 0 Å². The van der Waals surface area contributed by atoms with Crippen molar-refractivity contribution >= 4 is 17.6 Å². The maximum absolute atomic E-state index is 14.4. The van der Waals surface area contributed by atoms with Crippen LogP contribution in [-0.2, 0) is 27.3 Å². The number of ketones is 1. The molecular formula is C24H23F3N2O3. The van der Waals surface area contributed by atoms with Gasteiger partial charge in [-0.1, -0.05) is 60.7 Å². The minimum atomic E-state index is -5.21. The quantitative estimate of drug-likeness (QED) is 0.704. The van der Waals surface area contributed by atoms with Crippen LogP contribution in [0, 0.1) is 0 Å². The lowest BCUT2D eigenvalue weighted by molar-refractivity contribution is -0.194. The summed E-state index contributed by atoms with van der Waals surface area (Å²) in [6.45, 7) is 2.11. The van der Waals surface area contributed by atoms with Gasteiger partial charge in [0.15, 0.2) is 5.78 Å². The second-order valence-electron chi connectivity index (χ2n) is 7.68. The number of allylic oxidation sites excluding steroid dienone is 1. The zero-order chi connectivity index (χ0) is 23.5. The van der Waals surface area contributed by atoms with Crippen LogP contribution in [0.1, 0.15) is 31.4 Å². The number of Topliss-reactive ketones (excluding diaryl/α,β-unsaturated/α-hetero) is 1. The van der Waals surface area contributed by atoms with E-state index < -0.39 is 34.9 Å². The van der Waals surface area contributed by atoms with Crippen molar-refractivity contribution in [3.05, 3.63) is 83.1 Å². The molecule has 0 radical (unpaired) electrons. The van der Waals surface area contributed by atoms with Crippen molar-refractivity contribution in [2.75, 3.05) is 0 Å². The summed E-state index contributed by atoms with van der Waals surface area (Å²) in [7, 11) is 0. The molecule has 2 amide bonds. The number of hydrogen-bond acceptors (Lipinski definition) is 3.